The van der Waals surface area contributed by atoms with Crippen molar-refractivity contribution in [3.8, 4) is 0 Å². The van der Waals surface area contributed by atoms with E-state index in [-0.39, 0.29) is 0 Å². The SMILES string of the molecule is c1ccccc(CCNC2CCCCCCCC2)cccc1. The lowest BCUT2D eigenvalue weighted by atomic mass is 10.0. The third-order valence-corrected chi connectivity index (χ3v) is 4.49. The van der Waals surface area contributed by atoms with Crippen LogP contribution in [0.15, 0.2) is 54.6 Å². The molecule has 0 amide bonds. The van der Waals surface area contributed by atoms with Crippen LogP contribution in [-0.2, 0) is 6.42 Å². The highest BCUT2D eigenvalue weighted by atomic mass is 14.9. The van der Waals surface area contributed by atoms with Crippen LogP contribution in [0.25, 0.3) is 0 Å². The molecule has 0 aromatic heterocycles. The van der Waals surface area contributed by atoms with Gasteiger partial charge in [0.2, 0.25) is 0 Å². The van der Waals surface area contributed by atoms with Gasteiger partial charge in [-0.25, -0.2) is 0 Å². The lowest BCUT2D eigenvalue weighted by Crippen LogP contribution is -2.30. The van der Waals surface area contributed by atoms with Gasteiger partial charge < -0.3 is 5.32 Å². The zero-order valence-corrected chi connectivity index (χ0v) is 13.8. The van der Waals surface area contributed by atoms with E-state index in [1.165, 1.54) is 56.9 Å². The second kappa shape index (κ2) is 11.3. The molecule has 120 valence electrons. The maximum absolute atomic E-state index is 3.80. The van der Waals surface area contributed by atoms with Crippen LogP contribution in [0.1, 0.15) is 56.9 Å². The second-order valence-electron chi connectivity index (χ2n) is 6.36. The molecule has 0 spiro atoms. The van der Waals surface area contributed by atoms with E-state index in [9.17, 15) is 0 Å². The van der Waals surface area contributed by atoms with E-state index in [0.29, 0.717) is 0 Å². The van der Waals surface area contributed by atoms with E-state index in [0.717, 1.165) is 19.0 Å². The number of nitrogens with one attached hydrogen (secondary N) is 1. The summed E-state index contributed by atoms with van der Waals surface area (Å²) in [6.07, 6.45) is 12.4. The van der Waals surface area contributed by atoms with Gasteiger partial charge in [0.1, 0.15) is 0 Å². The van der Waals surface area contributed by atoms with Crippen LogP contribution < -0.4 is 5.32 Å². The molecule has 1 N–H and O–H groups in total. The first-order valence-electron chi connectivity index (χ1n) is 9.06. The van der Waals surface area contributed by atoms with Crippen LogP contribution in [-0.4, -0.2) is 12.6 Å². The quantitative estimate of drug-likeness (QED) is 0.779. The highest BCUT2D eigenvalue weighted by Crippen LogP contribution is 2.16. The highest BCUT2D eigenvalue weighted by Gasteiger charge is 2.09. The molecule has 1 aliphatic rings. The third kappa shape index (κ3) is 7.61. The van der Waals surface area contributed by atoms with Crippen molar-refractivity contribution in [3.63, 3.8) is 0 Å². The normalized spacial score (nSPS) is 16.9. The minimum absolute atomic E-state index is 0.737. The summed E-state index contributed by atoms with van der Waals surface area (Å²) in [6, 6.07) is 19.8. The Morgan fingerprint density at radius 2 is 1.18 bits per heavy atom. The molecule has 1 fully saturated rings. The van der Waals surface area contributed by atoms with E-state index in [4.69, 9.17) is 0 Å². The fraction of sp³-hybridized carbons (Fsp3) is 0.524. The van der Waals surface area contributed by atoms with Crippen LogP contribution in [0.3, 0.4) is 0 Å². The average molecular weight is 297 g/mol. The Hall–Kier alpha value is -1.34. The Bertz CT molecular complexity index is 418. The van der Waals surface area contributed by atoms with Crippen LogP contribution in [0.2, 0.25) is 0 Å². The fourth-order valence-electron chi connectivity index (χ4n) is 3.16. The summed E-state index contributed by atoms with van der Waals surface area (Å²) in [5, 5.41) is 3.80. The number of rotatable bonds is 4. The Balaban J connectivity index is 1.81. The predicted molar refractivity (Wildman–Crippen MR) is 96.5 cm³/mol. The molecule has 0 unspecified atom stereocenters. The average Bonchev–Trinajstić information content (AvgIpc) is 2.67. The standard InChI is InChI=1S/C21H31N/c1-2-6-10-14-20(15-11-7-3-1)18-19-22-21-16-12-8-4-5-9-13-17-21/h1-3,6-7,10-11,14-15,21-22H,4-5,8-9,12-13,16-19H2. The first kappa shape index (κ1) is 17.0. The van der Waals surface area contributed by atoms with Gasteiger partial charge in [-0.05, 0) is 31.4 Å². The molecule has 0 atom stereocenters. The molecule has 0 radical (unpaired) electrons. The molecule has 2 rings (SSSR count). The molecular formula is C21H31N. The maximum Gasteiger partial charge on any atom is 0.00671 e. The first-order valence-corrected chi connectivity index (χ1v) is 9.06. The van der Waals surface area contributed by atoms with E-state index >= 15 is 0 Å². The molecule has 1 nitrogen and oxygen atoms in total. The van der Waals surface area contributed by atoms with Gasteiger partial charge in [0, 0.05) is 6.04 Å². The van der Waals surface area contributed by atoms with Gasteiger partial charge in [-0.1, -0.05) is 93.1 Å². The topological polar surface area (TPSA) is 12.0 Å². The van der Waals surface area contributed by atoms with Crippen LogP contribution >= 0.6 is 0 Å². The first-order chi connectivity index (χ1) is 10.9. The van der Waals surface area contributed by atoms with E-state index in [2.05, 4.69) is 59.9 Å². The summed E-state index contributed by atoms with van der Waals surface area (Å²) in [5.74, 6) is 0. The molecule has 1 aliphatic carbocycles. The number of hydrogen-bond donors (Lipinski definition) is 1. The molecular weight excluding hydrogens is 266 g/mol. The summed E-state index contributed by atoms with van der Waals surface area (Å²) in [7, 11) is 0. The predicted octanol–water partition coefficient (Wildman–Crippen LogP) is 5.45. The van der Waals surface area contributed by atoms with Crippen molar-refractivity contribution in [1.82, 2.24) is 5.32 Å². The Labute approximate surface area is 136 Å². The molecule has 1 saturated carbocycles. The summed E-state index contributed by atoms with van der Waals surface area (Å²) >= 11 is 0. The van der Waals surface area contributed by atoms with Crippen molar-refractivity contribution in [2.75, 3.05) is 6.54 Å². The van der Waals surface area contributed by atoms with Crippen LogP contribution in [0, 0.1) is 0 Å². The Morgan fingerprint density at radius 1 is 0.682 bits per heavy atom. The summed E-state index contributed by atoms with van der Waals surface area (Å²) in [6.45, 7) is 1.09. The molecule has 1 aromatic carbocycles. The van der Waals surface area contributed by atoms with E-state index in [1.807, 2.05) is 0 Å². The van der Waals surface area contributed by atoms with Crippen molar-refractivity contribution >= 4 is 0 Å². The van der Waals surface area contributed by atoms with Crippen molar-refractivity contribution in [2.45, 2.75) is 63.8 Å². The minimum atomic E-state index is 0.737. The Kier molecular flexibility index (Phi) is 8.71. The van der Waals surface area contributed by atoms with E-state index < -0.39 is 0 Å². The van der Waals surface area contributed by atoms with Gasteiger partial charge in [-0.3, -0.25) is 0 Å². The van der Waals surface area contributed by atoms with Gasteiger partial charge in [-0.2, -0.15) is 0 Å². The van der Waals surface area contributed by atoms with Gasteiger partial charge in [0.25, 0.3) is 0 Å². The van der Waals surface area contributed by atoms with Gasteiger partial charge in [-0.15, -0.1) is 0 Å². The zero-order chi connectivity index (χ0) is 15.3. The van der Waals surface area contributed by atoms with Crippen molar-refractivity contribution in [2.24, 2.45) is 0 Å². The second-order valence-corrected chi connectivity index (χ2v) is 6.36. The zero-order valence-electron chi connectivity index (χ0n) is 13.8. The molecule has 22 heavy (non-hydrogen) atoms. The molecule has 0 bridgehead atoms. The van der Waals surface area contributed by atoms with Crippen LogP contribution in [0.5, 0.6) is 0 Å². The van der Waals surface area contributed by atoms with Crippen molar-refractivity contribution in [1.29, 1.82) is 0 Å². The minimum Gasteiger partial charge on any atom is -0.314 e. The summed E-state index contributed by atoms with van der Waals surface area (Å²) < 4.78 is 0. The lowest BCUT2D eigenvalue weighted by Gasteiger charge is -2.17. The maximum atomic E-state index is 3.80. The Morgan fingerprint density at radius 3 is 1.77 bits per heavy atom. The van der Waals surface area contributed by atoms with Gasteiger partial charge in [0.15, 0.2) is 0 Å². The number of hydrogen-bond acceptors (Lipinski definition) is 1. The van der Waals surface area contributed by atoms with Crippen LogP contribution in [0.4, 0.5) is 0 Å². The summed E-state index contributed by atoms with van der Waals surface area (Å²) in [4.78, 5) is 0. The van der Waals surface area contributed by atoms with Crippen molar-refractivity contribution in [3.05, 3.63) is 60.2 Å². The van der Waals surface area contributed by atoms with E-state index in [1.54, 1.807) is 0 Å². The van der Waals surface area contributed by atoms with Gasteiger partial charge in [0.05, 0.1) is 0 Å². The third-order valence-electron chi connectivity index (χ3n) is 4.49. The molecule has 1 heteroatoms. The molecule has 0 saturated heterocycles. The summed E-state index contributed by atoms with van der Waals surface area (Å²) in [5.41, 5.74) is 1.40. The monoisotopic (exact) mass is 297 g/mol. The molecule has 0 aliphatic heterocycles. The highest BCUT2D eigenvalue weighted by molar-refractivity contribution is 5.12. The smallest absolute Gasteiger partial charge is 0.00671 e. The fourth-order valence-corrected chi connectivity index (χ4v) is 3.16. The largest absolute Gasteiger partial charge is 0.314 e. The van der Waals surface area contributed by atoms with Crippen molar-refractivity contribution < 1.29 is 0 Å². The molecule has 1 aromatic rings. The molecule has 0 heterocycles. The van der Waals surface area contributed by atoms with Gasteiger partial charge >= 0.3 is 0 Å². The lowest BCUT2D eigenvalue weighted by molar-refractivity contribution is 0.436.